The first kappa shape index (κ1) is 18.1. The third-order valence-corrected chi connectivity index (χ3v) is 4.91. The Kier molecular flexibility index (Phi) is 4.34. The maximum absolute atomic E-state index is 12.6. The minimum Gasteiger partial charge on any atom is -0.485 e. The number of pyridine rings is 1. The van der Waals surface area contributed by atoms with Crippen molar-refractivity contribution in [3.05, 3.63) is 66.5 Å². The highest BCUT2D eigenvalue weighted by Crippen LogP contribution is 2.42. The highest BCUT2D eigenvalue weighted by molar-refractivity contribution is 9.10. The molecule has 0 amide bonds. The molecule has 0 bridgehead atoms. The van der Waals surface area contributed by atoms with Gasteiger partial charge in [0.1, 0.15) is 17.5 Å². The number of rotatable bonds is 2. The van der Waals surface area contributed by atoms with Gasteiger partial charge in [0.25, 0.3) is 11.2 Å². The number of aromatic nitrogens is 1. The fourth-order valence-electron chi connectivity index (χ4n) is 3.00. The Morgan fingerprint density at radius 3 is 2.73 bits per heavy atom. The molecule has 0 radical (unpaired) electrons. The molecule has 0 aliphatic carbocycles. The molecule has 1 aliphatic rings. The molecule has 2 atom stereocenters. The second-order valence-electron chi connectivity index (χ2n) is 6.48. The number of nitrogens with zero attached hydrogens (tertiary/aromatic N) is 3. The predicted octanol–water partition coefficient (Wildman–Crippen LogP) is 2.51. The molecule has 0 saturated carbocycles. The zero-order valence-electron chi connectivity index (χ0n) is 13.8. The molecule has 0 saturated heterocycles. The standard InChI is InChI=1S/C17H14BrN3O5/c1-17(2)15(22)14(11-5-9(7-19)3-4-13(11)26-17)20-8-10(21(24)25)6-12(18)16(20)23/h3-6,8,14-15,22H,1-2H3. The van der Waals surface area contributed by atoms with E-state index in [0.29, 0.717) is 16.9 Å². The van der Waals surface area contributed by atoms with Crippen molar-refractivity contribution >= 4 is 21.6 Å². The lowest BCUT2D eigenvalue weighted by Crippen LogP contribution is -2.52. The first-order chi connectivity index (χ1) is 12.2. The second kappa shape index (κ2) is 6.23. The van der Waals surface area contributed by atoms with Gasteiger partial charge in [-0.1, -0.05) is 0 Å². The summed E-state index contributed by atoms with van der Waals surface area (Å²) in [5, 5.41) is 31.2. The SMILES string of the molecule is CC1(C)Oc2ccc(C#N)cc2C(n2cc([N+](=O)[O-])cc(Br)c2=O)C1O. The summed E-state index contributed by atoms with van der Waals surface area (Å²) in [5.74, 6) is 0.402. The smallest absolute Gasteiger partial charge is 0.286 e. The average Bonchev–Trinajstić information content (AvgIpc) is 2.58. The Labute approximate surface area is 156 Å². The molecule has 8 nitrogen and oxygen atoms in total. The van der Waals surface area contributed by atoms with Crippen LogP contribution in [0, 0.1) is 21.4 Å². The van der Waals surface area contributed by atoms with Crippen LogP contribution in [0.2, 0.25) is 0 Å². The molecule has 2 aromatic rings. The van der Waals surface area contributed by atoms with E-state index in [-0.39, 0.29) is 10.2 Å². The van der Waals surface area contributed by atoms with Crippen LogP contribution in [0.5, 0.6) is 5.75 Å². The van der Waals surface area contributed by atoms with Gasteiger partial charge in [0.2, 0.25) is 0 Å². The monoisotopic (exact) mass is 419 g/mol. The van der Waals surface area contributed by atoms with E-state index in [0.717, 1.165) is 16.8 Å². The number of aliphatic hydroxyl groups is 1. The summed E-state index contributed by atoms with van der Waals surface area (Å²) in [5.41, 5.74) is -1.16. The van der Waals surface area contributed by atoms with Gasteiger partial charge in [-0.3, -0.25) is 19.5 Å². The number of aliphatic hydroxyl groups excluding tert-OH is 1. The van der Waals surface area contributed by atoms with Crippen LogP contribution in [0.1, 0.15) is 31.0 Å². The summed E-state index contributed by atoms with van der Waals surface area (Å²) in [6.45, 7) is 3.31. The van der Waals surface area contributed by atoms with Gasteiger partial charge in [0.15, 0.2) is 0 Å². The molecule has 26 heavy (non-hydrogen) atoms. The van der Waals surface area contributed by atoms with E-state index in [2.05, 4.69) is 15.9 Å². The summed E-state index contributed by atoms with van der Waals surface area (Å²) in [4.78, 5) is 23.2. The van der Waals surface area contributed by atoms with Crippen LogP contribution in [0.3, 0.4) is 0 Å². The van der Waals surface area contributed by atoms with Gasteiger partial charge in [-0.05, 0) is 48.0 Å². The van der Waals surface area contributed by atoms with Crippen LogP contribution in [0.25, 0.3) is 0 Å². The van der Waals surface area contributed by atoms with Crippen LogP contribution >= 0.6 is 15.9 Å². The summed E-state index contributed by atoms with van der Waals surface area (Å²) in [7, 11) is 0. The van der Waals surface area contributed by atoms with Crippen molar-refractivity contribution in [1.82, 2.24) is 4.57 Å². The second-order valence-corrected chi connectivity index (χ2v) is 7.33. The molecule has 2 unspecified atom stereocenters. The Bertz CT molecular complexity index is 1010. The Hall–Kier alpha value is -2.70. The van der Waals surface area contributed by atoms with Gasteiger partial charge in [-0.25, -0.2) is 0 Å². The lowest BCUT2D eigenvalue weighted by atomic mass is 9.85. The maximum Gasteiger partial charge on any atom is 0.286 e. The highest BCUT2D eigenvalue weighted by atomic mass is 79.9. The molecule has 134 valence electrons. The minimum absolute atomic E-state index is 0.00110. The number of benzene rings is 1. The van der Waals surface area contributed by atoms with Gasteiger partial charge < -0.3 is 9.84 Å². The number of nitro groups is 1. The van der Waals surface area contributed by atoms with Crippen molar-refractivity contribution in [1.29, 1.82) is 5.26 Å². The predicted molar refractivity (Wildman–Crippen MR) is 95.1 cm³/mol. The number of fused-ring (bicyclic) bond motifs is 1. The van der Waals surface area contributed by atoms with Gasteiger partial charge in [0, 0.05) is 11.6 Å². The lowest BCUT2D eigenvalue weighted by Gasteiger charge is -2.42. The number of hydrogen-bond donors (Lipinski definition) is 1. The Morgan fingerprint density at radius 1 is 1.42 bits per heavy atom. The van der Waals surface area contributed by atoms with Gasteiger partial charge in [0.05, 0.1) is 33.3 Å². The Balaban J connectivity index is 2.32. The number of nitriles is 1. The van der Waals surface area contributed by atoms with E-state index in [1.165, 1.54) is 6.07 Å². The summed E-state index contributed by atoms with van der Waals surface area (Å²) >= 11 is 3.05. The molecule has 3 rings (SSSR count). The van der Waals surface area contributed by atoms with Crippen LogP contribution in [-0.2, 0) is 0 Å². The highest BCUT2D eigenvalue weighted by Gasteiger charge is 2.44. The fourth-order valence-corrected chi connectivity index (χ4v) is 3.44. The molecule has 1 N–H and O–H groups in total. The fraction of sp³-hybridized carbons (Fsp3) is 0.294. The van der Waals surface area contributed by atoms with Crippen molar-refractivity contribution in [3.8, 4) is 11.8 Å². The molecule has 9 heteroatoms. The number of ether oxygens (including phenoxy) is 1. The normalized spacial score (nSPS) is 20.6. The van der Waals surface area contributed by atoms with Gasteiger partial charge in [-0.15, -0.1) is 0 Å². The van der Waals surface area contributed by atoms with Gasteiger partial charge >= 0.3 is 0 Å². The van der Waals surface area contributed by atoms with E-state index >= 15 is 0 Å². The molecular weight excluding hydrogens is 406 g/mol. The molecule has 1 aromatic carbocycles. The molecule has 0 spiro atoms. The first-order valence-corrected chi connectivity index (χ1v) is 8.42. The van der Waals surface area contributed by atoms with Crippen LogP contribution < -0.4 is 10.3 Å². The molecule has 1 aromatic heterocycles. The van der Waals surface area contributed by atoms with Crippen LogP contribution in [0.15, 0.2) is 39.7 Å². The van der Waals surface area contributed by atoms with E-state index in [4.69, 9.17) is 10.00 Å². The van der Waals surface area contributed by atoms with E-state index in [9.17, 15) is 20.0 Å². The maximum atomic E-state index is 12.6. The number of halogens is 1. The van der Waals surface area contributed by atoms with E-state index in [1.54, 1.807) is 26.0 Å². The lowest BCUT2D eigenvalue weighted by molar-refractivity contribution is -0.385. The minimum atomic E-state index is -1.18. The Morgan fingerprint density at radius 2 is 2.12 bits per heavy atom. The van der Waals surface area contributed by atoms with Crippen LogP contribution in [-0.4, -0.2) is 26.3 Å². The van der Waals surface area contributed by atoms with E-state index in [1.807, 2.05) is 6.07 Å². The third kappa shape index (κ3) is 2.87. The first-order valence-electron chi connectivity index (χ1n) is 7.63. The largest absolute Gasteiger partial charge is 0.485 e. The zero-order valence-corrected chi connectivity index (χ0v) is 15.4. The van der Waals surface area contributed by atoms with Crippen LogP contribution in [0.4, 0.5) is 5.69 Å². The van der Waals surface area contributed by atoms with Crippen molar-refractivity contribution < 1.29 is 14.8 Å². The summed E-state index contributed by atoms with van der Waals surface area (Å²) in [6.07, 6.45) is -0.0962. The zero-order chi connectivity index (χ0) is 19.2. The molecule has 1 aliphatic heterocycles. The number of hydrogen-bond acceptors (Lipinski definition) is 6. The van der Waals surface area contributed by atoms with Crippen molar-refractivity contribution in [3.63, 3.8) is 0 Å². The summed E-state index contributed by atoms with van der Waals surface area (Å²) in [6, 6.07) is 6.82. The topological polar surface area (TPSA) is 118 Å². The molecular formula is C17H14BrN3O5. The summed E-state index contributed by atoms with van der Waals surface area (Å²) < 4.78 is 6.92. The van der Waals surface area contributed by atoms with Crippen molar-refractivity contribution in [2.75, 3.05) is 0 Å². The third-order valence-electron chi connectivity index (χ3n) is 4.34. The average molecular weight is 420 g/mol. The van der Waals surface area contributed by atoms with Crippen molar-refractivity contribution in [2.45, 2.75) is 31.6 Å². The molecule has 0 fully saturated rings. The van der Waals surface area contributed by atoms with E-state index < -0.39 is 28.2 Å². The quantitative estimate of drug-likeness (QED) is 0.589. The molecule has 2 heterocycles. The van der Waals surface area contributed by atoms with Gasteiger partial charge in [-0.2, -0.15) is 5.26 Å². The van der Waals surface area contributed by atoms with Crippen molar-refractivity contribution in [2.24, 2.45) is 0 Å².